The molecule has 2 aliphatic carbocycles. The molecule has 3 aliphatic rings. The summed E-state index contributed by atoms with van der Waals surface area (Å²) >= 11 is 0. The third kappa shape index (κ3) is 2.53. The number of hydrogen-bond acceptors (Lipinski definition) is 4. The molecule has 1 amide bonds. The van der Waals surface area contributed by atoms with Gasteiger partial charge < -0.3 is 4.74 Å². The second-order valence-electron chi connectivity index (χ2n) is 7.21. The van der Waals surface area contributed by atoms with Gasteiger partial charge in [-0.1, -0.05) is 30.3 Å². The van der Waals surface area contributed by atoms with Gasteiger partial charge in [-0.05, 0) is 37.2 Å². The molecule has 1 heterocycles. The largest absolute Gasteiger partial charge is 0.496 e. The van der Waals surface area contributed by atoms with Gasteiger partial charge in [0, 0.05) is 11.5 Å². The van der Waals surface area contributed by atoms with Crippen LogP contribution in [0.1, 0.15) is 31.2 Å². The molecule has 1 spiro atoms. The lowest BCUT2D eigenvalue weighted by Gasteiger charge is -2.29. The molecule has 4 rings (SSSR count). The van der Waals surface area contributed by atoms with Crippen molar-refractivity contribution in [2.75, 3.05) is 5.75 Å². The van der Waals surface area contributed by atoms with Gasteiger partial charge in [-0.3, -0.25) is 4.79 Å². The van der Waals surface area contributed by atoms with Crippen LogP contribution in [0, 0.1) is 11.3 Å². The fourth-order valence-electron chi connectivity index (χ4n) is 4.73. The van der Waals surface area contributed by atoms with Gasteiger partial charge >= 0.3 is 0 Å². The van der Waals surface area contributed by atoms with Crippen molar-refractivity contribution < 1.29 is 17.9 Å². The minimum atomic E-state index is -3.50. The molecule has 1 aliphatic heterocycles. The van der Waals surface area contributed by atoms with Crippen molar-refractivity contribution in [3.05, 3.63) is 48.2 Å². The molecular weight excluding hydrogens is 326 g/mol. The summed E-state index contributed by atoms with van der Waals surface area (Å²) < 4.78 is 31.5. The molecule has 3 fully saturated rings. The summed E-state index contributed by atoms with van der Waals surface area (Å²) in [5.41, 5.74) is 0.813. The third-order valence-electron chi connectivity index (χ3n) is 5.68. The zero-order valence-electron chi connectivity index (χ0n) is 13.4. The maximum absolute atomic E-state index is 12.5. The van der Waals surface area contributed by atoms with E-state index in [1.54, 1.807) is 0 Å². The van der Waals surface area contributed by atoms with Gasteiger partial charge in [0.05, 0.1) is 18.1 Å². The van der Waals surface area contributed by atoms with E-state index in [1.165, 1.54) is 12.3 Å². The summed E-state index contributed by atoms with van der Waals surface area (Å²) in [4.78, 5) is 12.5. The van der Waals surface area contributed by atoms with Crippen molar-refractivity contribution in [3.8, 4) is 0 Å². The number of carbonyl (C=O) groups excluding carboxylic acids is 1. The average molecular weight is 347 g/mol. The molecule has 128 valence electrons. The lowest BCUT2D eigenvalue weighted by Crippen LogP contribution is -2.41. The van der Waals surface area contributed by atoms with Crippen molar-refractivity contribution in [2.24, 2.45) is 11.3 Å². The number of carbonyl (C=O) groups is 1. The molecule has 24 heavy (non-hydrogen) atoms. The SMILES string of the molecule is O=C(C=COCc1ccccc1)N1C2CC3CCC2(C3)CS1(=O)=O. The number of fused-ring (bicyclic) bond motifs is 1. The second kappa shape index (κ2) is 5.62. The quantitative estimate of drug-likeness (QED) is 0.620. The molecule has 5 nitrogen and oxygen atoms in total. The van der Waals surface area contributed by atoms with Gasteiger partial charge in [0.25, 0.3) is 5.91 Å². The average Bonchev–Trinajstić information content (AvgIpc) is 3.15. The first-order chi connectivity index (χ1) is 11.5. The number of rotatable bonds is 4. The Bertz CT molecular complexity index is 773. The summed E-state index contributed by atoms with van der Waals surface area (Å²) in [6, 6.07) is 9.47. The van der Waals surface area contributed by atoms with Crippen LogP contribution in [0.5, 0.6) is 0 Å². The van der Waals surface area contributed by atoms with E-state index in [0.717, 1.165) is 35.6 Å². The zero-order valence-corrected chi connectivity index (χ0v) is 14.2. The summed E-state index contributed by atoms with van der Waals surface area (Å²) in [6.07, 6.45) is 6.36. The number of amides is 1. The van der Waals surface area contributed by atoms with E-state index in [-0.39, 0.29) is 17.2 Å². The van der Waals surface area contributed by atoms with Crippen LogP contribution >= 0.6 is 0 Å². The number of ether oxygens (including phenoxy) is 1. The smallest absolute Gasteiger partial charge is 0.263 e. The Morgan fingerprint density at radius 3 is 2.88 bits per heavy atom. The van der Waals surface area contributed by atoms with Gasteiger partial charge in [-0.15, -0.1) is 0 Å². The molecule has 6 heteroatoms. The Kier molecular flexibility index (Phi) is 3.67. The lowest BCUT2D eigenvalue weighted by molar-refractivity contribution is -0.123. The van der Waals surface area contributed by atoms with Crippen LogP contribution < -0.4 is 0 Å². The second-order valence-corrected chi connectivity index (χ2v) is 9.06. The van der Waals surface area contributed by atoms with Crippen LogP contribution in [0.2, 0.25) is 0 Å². The van der Waals surface area contributed by atoms with Crippen LogP contribution in [0.15, 0.2) is 42.7 Å². The highest BCUT2D eigenvalue weighted by molar-refractivity contribution is 7.90. The van der Waals surface area contributed by atoms with Crippen molar-refractivity contribution in [1.29, 1.82) is 0 Å². The number of hydrogen-bond donors (Lipinski definition) is 0. The monoisotopic (exact) mass is 347 g/mol. The molecule has 1 saturated heterocycles. The van der Waals surface area contributed by atoms with Gasteiger partial charge in [-0.25, -0.2) is 12.7 Å². The molecule has 3 atom stereocenters. The first-order valence-electron chi connectivity index (χ1n) is 8.38. The number of benzene rings is 1. The maximum atomic E-state index is 12.5. The summed E-state index contributed by atoms with van der Waals surface area (Å²) in [5, 5.41) is 0. The van der Waals surface area contributed by atoms with Gasteiger partial charge in [0.2, 0.25) is 10.0 Å². The first-order valence-corrected chi connectivity index (χ1v) is 9.99. The van der Waals surface area contributed by atoms with Crippen LogP contribution in [-0.4, -0.2) is 30.4 Å². The zero-order chi connectivity index (χ0) is 16.8. The summed E-state index contributed by atoms with van der Waals surface area (Å²) in [7, 11) is -3.50. The summed E-state index contributed by atoms with van der Waals surface area (Å²) in [5.74, 6) is 0.239. The van der Waals surface area contributed by atoms with E-state index >= 15 is 0 Å². The van der Waals surface area contributed by atoms with Crippen molar-refractivity contribution in [2.45, 2.75) is 38.3 Å². The Balaban J connectivity index is 1.43. The number of sulfonamides is 1. The predicted molar refractivity (Wildman–Crippen MR) is 89.2 cm³/mol. The Morgan fingerprint density at radius 1 is 1.33 bits per heavy atom. The Labute approximate surface area is 142 Å². The van der Waals surface area contributed by atoms with E-state index in [9.17, 15) is 13.2 Å². The van der Waals surface area contributed by atoms with Crippen molar-refractivity contribution in [3.63, 3.8) is 0 Å². The maximum Gasteiger partial charge on any atom is 0.263 e. The van der Waals surface area contributed by atoms with Crippen LogP contribution in [-0.2, 0) is 26.2 Å². The molecule has 2 bridgehead atoms. The minimum Gasteiger partial charge on any atom is -0.496 e. The van der Waals surface area contributed by atoms with Crippen LogP contribution in [0.4, 0.5) is 0 Å². The molecule has 0 aromatic heterocycles. The number of nitrogens with zero attached hydrogens (tertiary/aromatic N) is 1. The van der Waals surface area contributed by atoms with E-state index in [0.29, 0.717) is 12.5 Å². The molecular formula is C18H21NO4S. The Hall–Kier alpha value is -1.82. The van der Waals surface area contributed by atoms with E-state index in [4.69, 9.17) is 4.74 Å². The Morgan fingerprint density at radius 2 is 2.12 bits per heavy atom. The molecule has 3 unspecified atom stereocenters. The van der Waals surface area contributed by atoms with E-state index < -0.39 is 15.9 Å². The molecule has 2 saturated carbocycles. The van der Waals surface area contributed by atoms with Crippen LogP contribution in [0.25, 0.3) is 0 Å². The standard InChI is InChI=1S/C18H21NO4S/c20-17(7-9-23-12-14-4-2-1-3-5-14)19-16-10-15-6-8-18(16,11-15)13-24(19,21)22/h1-5,7,9,15-16H,6,8,10-13H2. The summed E-state index contributed by atoms with van der Waals surface area (Å²) in [6.45, 7) is 0.354. The lowest BCUT2D eigenvalue weighted by atomic mass is 9.82. The van der Waals surface area contributed by atoms with Gasteiger partial charge in [0.1, 0.15) is 6.61 Å². The fraction of sp³-hybridized carbons (Fsp3) is 0.500. The van der Waals surface area contributed by atoms with Gasteiger partial charge in [-0.2, -0.15) is 0 Å². The van der Waals surface area contributed by atoms with E-state index in [2.05, 4.69) is 0 Å². The topological polar surface area (TPSA) is 63.7 Å². The first kappa shape index (κ1) is 15.7. The highest BCUT2D eigenvalue weighted by atomic mass is 32.2. The van der Waals surface area contributed by atoms with Crippen molar-refractivity contribution >= 4 is 15.9 Å². The van der Waals surface area contributed by atoms with Crippen molar-refractivity contribution in [1.82, 2.24) is 4.31 Å². The molecule has 1 aromatic rings. The van der Waals surface area contributed by atoms with Gasteiger partial charge in [0.15, 0.2) is 0 Å². The normalized spacial score (nSPS) is 33.1. The predicted octanol–water partition coefficient (Wildman–Crippen LogP) is 2.45. The molecule has 0 radical (unpaired) electrons. The minimum absolute atomic E-state index is 0.131. The molecule has 1 aromatic carbocycles. The molecule has 0 N–H and O–H groups in total. The third-order valence-corrected chi connectivity index (χ3v) is 7.65. The highest BCUT2D eigenvalue weighted by Gasteiger charge is 2.63. The van der Waals surface area contributed by atoms with E-state index in [1.807, 2.05) is 30.3 Å². The highest BCUT2D eigenvalue weighted by Crippen LogP contribution is 2.60. The fourth-order valence-corrected chi connectivity index (χ4v) is 7.08. The van der Waals surface area contributed by atoms with Crippen LogP contribution in [0.3, 0.4) is 0 Å².